The van der Waals surface area contributed by atoms with E-state index in [9.17, 15) is 0 Å². The van der Waals surface area contributed by atoms with Crippen LogP contribution in [0.5, 0.6) is 5.75 Å². The minimum Gasteiger partial charge on any atom is -0.487 e. The zero-order valence-corrected chi connectivity index (χ0v) is 17.1. The van der Waals surface area contributed by atoms with Crippen molar-refractivity contribution in [2.45, 2.75) is 45.4 Å². The van der Waals surface area contributed by atoms with Crippen molar-refractivity contribution in [2.75, 3.05) is 6.54 Å². The Morgan fingerprint density at radius 1 is 0.966 bits per heavy atom. The molecule has 152 valence electrons. The zero-order chi connectivity index (χ0) is 20.3. The molecule has 3 N–H and O–H groups in total. The van der Waals surface area contributed by atoms with Crippen LogP contribution in [0.25, 0.3) is 0 Å². The summed E-state index contributed by atoms with van der Waals surface area (Å²) in [6.45, 7) is 4.04. The summed E-state index contributed by atoms with van der Waals surface area (Å²) in [7, 11) is 0. The van der Waals surface area contributed by atoms with Crippen molar-refractivity contribution in [3.63, 3.8) is 0 Å². The average molecular weight is 391 g/mol. The van der Waals surface area contributed by atoms with E-state index in [1.165, 1.54) is 5.56 Å². The number of nitrogens with one attached hydrogen (secondary N) is 1. The largest absolute Gasteiger partial charge is 0.487 e. The van der Waals surface area contributed by atoms with E-state index in [0.29, 0.717) is 13.2 Å². The maximum absolute atomic E-state index is 6.08. The fourth-order valence-corrected chi connectivity index (χ4v) is 3.26. The number of aromatic nitrogens is 2. The number of aryl methyl sites for hydroxylation is 1. The Kier molecular flexibility index (Phi) is 8.16. The van der Waals surface area contributed by atoms with Crippen molar-refractivity contribution in [1.82, 2.24) is 15.3 Å². The predicted octanol–water partition coefficient (Wildman–Crippen LogP) is 3.80. The van der Waals surface area contributed by atoms with E-state index in [0.717, 1.165) is 48.5 Å². The Hall–Kier alpha value is -2.76. The van der Waals surface area contributed by atoms with Crippen LogP contribution in [0.2, 0.25) is 0 Å². The van der Waals surface area contributed by atoms with Gasteiger partial charge in [0.15, 0.2) is 0 Å². The summed E-state index contributed by atoms with van der Waals surface area (Å²) in [5, 5.41) is 3.65. The minimum absolute atomic E-state index is 0.258. The molecule has 3 aromatic rings. The quantitative estimate of drug-likeness (QED) is 0.521. The Morgan fingerprint density at radius 2 is 1.72 bits per heavy atom. The molecular formula is C24H30N4O. The second kappa shape index (κ2) is 11.3. The van der Waals surface area contributed by atoms with Gasteiger partial charge in [0, 0.05) is 31.4 Å². The molecule has 2 heterocycles. The Bertz CT molecular complexity index is 870. The fourth-order valence-electron chi connectivity index (χ4n) is 3.26. The summed E-state index contributed by atoms with van der Waals surface area (Å²) in [6, 6.07) is 18.4. The Morgan fingerprint density at radius 3 is 2.48 bits per heavy atom. The number of hydrogen-bond donors (Lipinski definition) is 2. The molecule has 3 rings (SSSR count). The molecule has 0 aliphatic carbocycles. The lowest BCUT2D eigenvalue weighted by atomic mass is 10.0. The Balaban J connectivity index is 1.66. The third-order valence-electron chi connectivity index (χ3n) is 4.96. The van der Waals surface area contributed by atoms with E-state index in [1.54, 1.807) is 0 Å². The average Bonchev–Trinajstić information content (AvgIpc) is 2.76. The van der Waals surface area contributed by atoms with Gasteiger partial charge in [-0.25, -0.2) is 0 Å². The van der Waals surface area contributed by atoms with Crippen molar-refractivity contribution in [3.8, 4) is 5.75 Å². The molecule has 29 heavy (non-hydrogen) atoms. The van der Waals surface area contributed by atoms with Crippen molar-refractivity contribution in [3.05, 3.63) is 89.5 Å². The summed E-state index contributed by atoms with van der Waals surface area (Å²) in [5.41, 5.74) is 10.1. The van der Waals surface area contributed by atoms with Gasteiger partial charge in [0.25, 0.3) is 0 Å². The molecule has 0 saturated carbocycles. The Labute approximate surface area is 173 Å². The van der Waals surface area contributed by atoms with Crippen LogP contribution in [0.4, 0.5) is 0 Å². The third kappa shape index (κ3) is 6.66. The van der Waals surface area contributed by atoms with Gasteiger partial charge in [-0.05, 0) is 55.6 Å². The first-order valence-corrected chi connectivity index (χ1v) is 10.2. The molecule has 0 bridgehead atoms. The molecule has 0 spiro atoms. The predicted molar refractivity (Wildman–Crippen MR) is 117 cm³/mol. The smallest absolute Gasteiger partial charge is 0.141 e. The molecule has 2 aromatic heterocycles. The first-order valence-electron chi connectivity index (χ1n) is 10.2. The van der Waals surface area contributed by atoms with Crippen molar-refractivity contribution in [1.29, 1.82) is 0 Å². The van der Waals surface area contributed by atoms with Gasteiger partial charge in [-0.15, -0.1) is 0 Å². The van der Waals surface area contributed by atoms with E-state index < -0.39 is 0 Å². The van der Waals surface area contributed by atoms with Crippen LogP contribution in [-0.4, -0.2) is 22.6 Å². The standard InChI is InChI=1S/C24H30N4O/c1-19-8-6-14-27-23(19)17-28-21(11-5-13-25)16-22-24(12-7-15-26-22)29-18-20-9-3-2-4-10-20/h2-4,6-10,12,14-15,21,28H,5,11,13,16-18,25H2,1H3. The molecule has 1 atom stereocenters. The summed E-state index contributed by atoms with van der Waals surface area (Å²) in [6.07, 6.45) is 6.40. The topological polar surface area (TPSA) is 73.1 Å². The lowest BCUT2D eigenvalue weighted by Gasteiger charge is -2.20. The van der Waals surface area contributed by atoms with Gasteiger partial charge in [0.1, 0.15) is 12.4 Å². The van der Waals surface area contributed by atoms with Crippen LogP contribution < -0.4 is 15.8 Å². The lowest BCUT2D eigenvalue weighted by Crippen LogP contribution is -2.32. The van der Waals surface area contributed by atoms with E-state index in [4.69, 9.17) is 10.5 Å². The molecule has 0 amide bonds. The summed E-state index contributed by atoms with van der Waals surface area (Å²) in [5.74, 6) is 0.838. The number of nitrogens with zero attached hydrogens (tertiary/aromatic N) is 2. The highest BCUT2D eigenvalue weighted by molar-refractivity contribution is 5.28. The van der Waals surface area contributed by atoms with Crippen LogP contribution in [0, 0.1) is 6.92 Å². The second-order valence-electron chi connectivity index (χ2n) is 7.20. The molecule has 0 saturated heterocycles. The molecule has 5 nitrogen and oxygen atoms in total. The second-order valence-corrected chi connectivity index (χ2v) is 7.20. The molecule has 1 unspecified atom stereocenters. The molecule has 0 aliphatic rings. The SMILES string of the molecule is Cc1cccnc1CNC(CCCN)Cc1ncccc1OCc1ccccc1. The summed E-state index contributed by atoms with van der Waals surface area (Å²) >= 11 is 0. The van der Waals surface area contributed by atoms with Gasteiger partial charge >= 0.3 is 0 Å². The molecular weight excluding hydrogens is 360 g/mol. The maximum atomic E-state index is 6.08. The lowest BCUT2D eigenvalue weighted by molar-refractivity contribution is 0.299. The monoisotopic (exact) mass is 390 g/mol. The fraction of sp³-hybridized carbons (Fsp3) is 0.333. The molecule has 1 aromatic carbocycles. The normalized spacial score (nSPS) is 11.9. The van der Waals surface area contributed by atoms with Gasteiger partial charge in [-0.1, -0.05) is 36.4 Å². The van der Waals surface area contributed by atoms with E-state index in [1.807, 2.05) is 48.8 Å². The van der Waals surface area contributed by atoms with Crippen LogP contribution in [0.15, 0.2) is 67.0 Å². The van der Waals surface area contributed by atoms with Crippen LogP contribution in [-0.2, 0) is 19.6 Å². The van der Waals surface area contributed by atoms with E-state index in [2.05, 4.69) is 40.4 Å². The highest BCUT2D eigenvalue weighted by Gasteiger charge is 2.14. The van der Waals surface area contributed by atoms with Crippen LogP contribution >= 0.6 is 0 Å². The number of rotatable bonds is 11. The molecule has 0 radical (unpaired) electrons. The van der Waals surface area contributed by atoms with Gasteiger partial charge in [0.05, 0.1) is 11.4 Å². The van der Waals surface area contributed by atoms with Crippen LogP contribution in [0.1, 0.15) is 35.4 Å². The van der Waals surface area contributed by atoms with Crippen molar-refractivity contribution >= 4 is 0 Å². The number of benzene rings is 1. The van der Waals surface area contributed by atoms with E-state index >= 15 is 0 Å². The number of pyridine rings is 2. The maximum Gasteiger partial charge on any atom is 0.141 e. The van der Waals surface area contributed by atoms with Gasteiger partial charge < -0.3 is 15.8 Å². The first kappa shape index (κ1) is 21.0. The van der Waals surface area contributed by atoms with Crippen LogP contribution in [0.3, 0.4) is 0 Å². The number of nitrogens with two attached hydrogens (primary N) is 1. The van der Waals surface area contributed by atoms with Crippen molar-refractivity contribution < 1.29 is 4.74 Å². The first-order chi connectivity index (χ1) is 14.3. The minimum atomic E-state index is 0.258. The van der Waals surface area contributed by atoms with Gasteiger partial charge in [-0.2, -0.15) is 0 Å². The number of hydrogen-bond acceptors (Lipinski definition) is 5. The highest BCUT2D eigenvalue weighted by Crippen LogP contribution is 2.20. The van der Waals surface area contributed by atoms with E-state index in [-0.39, 0.29) is 6.04 Å². The zero-order valence-electron chi connectivity index (χ0n) is 17.1. The molecule has 0 fully saturated rings. The number of ether oxygens (including phenoxy) is 1. The van der Waals surface area contributed by atoms with Crippen molar-refractivity contribution in [2.24, 2.45) is 5.73 Å². The summed E-state index contributed by atoms with van der Waals surface area (Å²) in [4.78, 5) is 9.09. The van der Waals surface area contributed by atoms with Gasteiger partial charge in [0.2, 0.25) is 0 Å². The summed E-state index contributed by atoms with van der Waals surface area (Å²) < 4.78 is 6.08. The third-order valence-corrected chi connectivity index (χ3v) is 4.96. The van der Waals surface area contributed by atoms with Gasteiger partial charge in [-0.3, -0.25) is 9.97 Å². The molecule has 0 aliphatic heterocycles. The highest BCUT2D eigenvalue weighted by atomic mass is 16.5. The molecule has 5 heteroatoms.